The number of fused-ring (bicyclic) bond motifs is 2. The maximum Gasteiger partial charge on any atom is 0.419 e. The highest BCUT2D eigenvalue weighted by molar-refractivity contribution is 7.99. The smallest absolute Gasteiger partial charge is 0.419 e. The van der Waals surface area contributed by atoms with Crippen molar-refractivity contribution in [1.82, 2.24) is 0 Å². The van der Waals surface area contributed by atoms with Crippen LogP contribution in [-0.2, 0) is 20.8 Å². The van der Waals surface area contributed by atoms with Crippen molar-refractivity contribution in [3.63, 3.8) is 0 Å². The SMILES string of the molecule is CC(C)[Si](Oc1ccc(COC(=O)N2c3ccc(N4CCOCC4)cc3Sc3cc(N4CCOCC4)ccc32)cc1)(C(C)C)C(C)C. The fourth-order valence-electron chi connectivity index (χ4n) is 7.44. The number of hydrogen-bond donors (Lipinski definition) is 0. The van der Waals surface area contributed by atoms with Crippen LogP contribution in [0.5, 0.6) is 5.75 Å². The Morgan fingerprint density at radius 1 is 0.723 bits per heavy atom. The topological polar surface area (TPSA) is 63.7 Å². The first-order valence-electron chi connectivity index (χ1n) is 17.0. The lowest BCUT2D eigenvalue weighted by molar-refractivity contribution is 0.122. The van der Waals surface area contributed by atoms with Gasteiger partial charge in [0, 0.05) is 47.3 Å². The van der Waals surface area contributed by atoms with Gasteiger partial charge >= 0.3 is 6.09 Å². The molecule has 0 N–H and O–H groups in total. The maximum absolute atomic E-state index is 14.0. The fraction of sp³-hybridized carbons (Fsp3) is 0.486. The molecule has 3 aromatic rings. The third-order valence-corrected chi connectivity index (χ3v) is 16.9. The third-order valence-electron chi connectivity index (χ3n) is 9.81. The number of rotatable bonds is 9. The summed E-state index contributed by atoms with van der Waals surface area (Å²) >= 11 is 1.71. The zero-order chi connectivity index (χ0) is 33.1. The molecule has 0 bridgehead atoms. The van der Waals surface area contributed by atoms with Crippen LogP contribution in [0.1, 0.15) is 47.1 Å². The van der Waals surface area contributed by atoms with E-state index in [4.69, 9.17) is 18.6 Å². The minimum atomic E-state index is -2.06. The van der Waals surface area contributed by atoms with Gasteiger partial charge in [0.2, 0.25) is 0 Å². The van der Waals surface area contributed by atoms with Gasteiger partial charge in [-0.2, -0.15) is 0 Å². The molecule has 2 saturated heterocycles. The second kappa shape index (κ2) is 14.5. The van der Waals surface area contributed by atoms with Crippen LogP contribution in [0, 0.1) is 0 Å². The van der Waals surface area contributed by atoms with E-state index >= 15 is 0 Å². The van der Waals surface area contributed by atoms with Crippen molar-refractivity contribution < 1.29 is 23.4 Å². The molecule has 10 heteroatoms. The highest BCUT2D eigenvalue weighted by Gasteiger charge is 2.47. The van der Waals surface area contributed by atoms with E-state index in [-0.39, 0.29) is 6.61 Å². The molecule has 1 amide bonds. The molecule has 3 aromatic carbocycles. The first-order chi connectivity index (χ1) is 22.7. The molecule has 0 spiro atoms. The van der Waals surface area contributed by atoms with Crippen molar-refractivity contribution in [1.29, 1.82) is 0 Å². The van der Waals surface area contributed by atoms with Crippen LogP contribution in [-0.4, -0.2) is 67.0 Å². The summed E-state index contributed by atoms with van der Waals surface area (Å²) in [6.07, 6.45) is -0.391. The zero-order valence-electron chi connectivity index (χ0n) is 28.7. The summed E-state index contributed by atoms with van der Waals surface area (Å²) in [6, 6.07) is 20.8. The number of carbonyl (C=O) groups is 1. The average Bonchev–Trinajstić information content (AvgIpc) is 3.08. The Kier molecular flexibility index (Phi) is 10.4. The number of morpholine rings is 2. The Hall–Kier alpha value is -3.18. The van der Waals surface area contributed by atoms with Crippen LogP contribution >= 0.6 is 11.8 Å². The molecule has 6 rings (SSSR count). The largest absolute Gasteiger partial charge is 0.543 e. The second-order valence-electron chi connectivity index (χ2n) is 13.6. The molecule has 2 fully saturated rings. The first-order valence-corrected chi connectivity index (χ1v) is 20.0. The van der Waals surface area contributed by atoms with Crippen molar-refractivity contribution in [3.05, 3.63) is 66.2 Å². The second-order valence-corrected chi connectivity index (χ2v) is 20.0. The summed E-state index contributed by atoms with van der Waals surface area (Å²) in [5.74, 6) is 0.894. The van der Waals surface area contributed by atoms with E-state index in [1.165, 1.54) is 0 Å². The molecule has 47 heavy (non-hydrogen) atoms. The minimum Gasteiger partial charge on any atom is -0.543 e. The Labute approximate surface area is 285 Å². The van der Waals surface area contributed by atoms with Crippen LogP contribution in [0.25, 0.3) is 0 Å². The lowest BCUT2D eigenvalue weighted by Gasteiger charge is -2.42. The van der Waals surface area contributed by atoms with E-state index in [1.807, 2.05) is 36.4 Å². The van der Waals surface area contributed by atoms with E-state index in [0.717, 1.165) is 96.5 Å². The molecule has 0 radical (unpaired) electrons. The molecule has 3 aliphatic rings. The average molecular weight is 676 g/mol. The molecule has 0 aromatic heterocycles. The molecule has 252 valence electrons. The van der Waals surface area contributed by atoms with E-state index in [2.05, 4.69) is 75.6 Å². The van der Waals surface area contributed by atoms with Crippen molar-refractivity contribution in [2.24, 2.45) is 0 Å². The summed E-state index contributed by atoms with van der Waals surface area (Å²) in [5.41, 5.74) is 6.36. The lowest BCUT2D eigenvalue weighted by atomic mass is 10.2. The molecule has 3 heterocycles. The Balaban J connectivity index is 1.23. The van der Waals surface area contributed by atoms with Gasteiger partial charge in [0.25, 0.3) is 8.32 Å². The highest BCUT2D eigenvalue weighted by atomic mass is 32.2. The van der Waals surface area contributed by atoms with Gasteiger partial charge in [0.05, 0.1) is 37.8 Å². The first kappa shape index (κ1) is 33.7. The van der Waals surface area contributed by atoms with Gasteiger partial charge in [-0.25, -0.2) is 9.69 Å². The number of hydrogen-bond acceptors (Lipinski definition) is 8. The maximum atomic E-state index is 14.0. The summed E-state index contributed by atoms with van der Waals surface area (Å²) < 4.78 is 24.0. The Morgan fingerprint density at radius 3 is 1.64 bits per heavy atom. The number of anilines is 4. The van der Waals surface area contributed by atoms with Crippen molar-refractivity contribution in [2.75, 3.05) is 67.3 Å². The van der Waals surface area contributed by atoms with Crippen molar-refractivity contribution >= 4 is 48.9 Å². The van der Waals surface area contributed by atoms with Crippen molar-refractivity contribution in [2.45, 2.75) is 74.6 Å². The summed E-state index contributed by atoms with van der Waals surface area (Å²) in [7, 11) is -2.06. The molecular formula is C37H49N3O5SSi. The molecule has 0 saturated carbocycles. The Bertz CT molecular complexity index is 1450. The monoisotopic (exact) mass is 675 g/mol. The van der Waals surface area contributed by atoms with Gasteiger partial charge in [0.1, 0.15) is 12.4 Å². The minimum absolute atomic E-state index is 0.173. The predicted molar refractivity (Wildman–Crippen MR) is 194 cm³/mol. The molecule has 0 atom stereocenters. The van der Waals surface area contributed by atoms with Gasteiger partial charge in [-0.05, 0) is 70.7 Å². The van der Waals surface area contributed by atoms with Gasteiger partial charge in [-0.3, -0.25) is 0 Å². The number of nitrogens with zero attached hydrogens (tertiary/aromatic N) is 3. The van der Waals surface area contributed by atoms with Crippen LogP contribution in [0.3, 0.4) is 0 Å². The third kappa shape index (κ3) is 7.02. The normalized spacial score (nSPS) is 16.8. The van der Waals surface area contributed by atoms with Gasteiger partial charge in [-0.15, -0.1) is 0 Å². The zero-order valence-corrected chi connectivity index (χ0v) is 30.5. The van der Waals surface area contributed by atoms with Gasteiger partial charge in [-0.1, -0.05) is 65.4 Å². The summed E-state index contributed by atoms with van der Waals surface area (Å²) in [4.78, 5) is 22.5. The fourth-order valence-corrected chi connectivity index (χ4v) is 13.8. The predicted octanol–water partition coefficient (Wildman–Crippen LogP) is 8.85. The van der Waals surface area contributed by atoms with E-state index in [9.17, 15) is 4.79 Å². The standard InChI is InChI=1S/C37H49N3O5SSi/c1-26(2)47(27(3)4,28(5)6)45-32-11-7-29(8-12-32)25-44-37(41)40-33-13-9-30(38-15-19-42-20-16-38)23-35(33)46-36-24-31(10-14-34(36)40)39-17-21-43-22-18-39/h7-14,23-24,26-28H,15-22,25H2,1-6H3. The van der Waals surface area contributed by atoms with Crippen LogP contribution in [0.4, 0.5) is 27.5 Å². The number of ether oxygens (including phenoxy) is 3. The molecule has 0 aliphatic carbocycles. The lowest BCUT2D eigenvalue weighted by Crippen LogP contribution is -2.50. The molecule has 0 unspecified atom stereocenters. The van der Waals surface area contributed by atoms with Crippen molar-refractivity contribution in [3.8, 4) is 5.75 Å². The van der Waals surface area contributed by atoms with Gasteiger partial charge in [0.15, 0.2) is 0 Å². The Morgan fingerprint density at radius 2 is 1.19 bits per heavy atom. The van der Waals surface area contributed by atoms with Crippen LogP contribution in [0.15, 0.2) is 70.5 Å². The van der Waals surface area contributed by atoms with Crippen LogP contribution < -0.4 is 19.1 Å². The number of carbonyl (C=O) groups excluding carboxylic acids is 1. The molecular weight excluding hydrogens is 627 g/mol. The molecule has 8 nitrogen and oxygen atoms in total. The van der Waals surface area contributed by atoms with E-state index in [1.54, 1.807) is 16.7 Å². The number of benzene rings is 3. The van der Waals surface area contributed by atoms with E-state index < -0.39 is 14.4 Å². The van der Waals surface area contributed by atoms with E-state index in [0.29, 0.717) is 16.6 Å². The molecule has 3 aliphatic heterocycles. The highest BCUT2D eigenvalue weighted by Crippen LogP contribution is 2.51. The van der Waals surface area contributed by atoms with Crippen LogP contribution in [0.2, 0.25) is 16.6 Å². The van der Waals surface area contributed by atoms with Gasteiger partial charge < -0.3 is 28.4 Å². The summed E-state index contributed by atoms with van der Waals surface area (Å²) in [5, 5.41) is 0. The number of amides is 1. The quantitative estimate of drug-likeness (QED) is 0.209. The summed E-state index contributed by atoms with van der Waals surface area (Å²) in [6.45, 7) is 20.2.